The van der Waals surface area contributed by atoms with Crippen LogP contribution in [0.5, 0.6) is 0 Å². The minimum atomic E-state index is -3.51. The van der Waals surface area contributed by atoms with Gasteiger partial charge in [-0.15, -0.1) is 0 Å². The summed E-state index contributed by atoms with van der Waals surface area (Å²) in [6, 6.07) is 0. The second kappa shape index (κ2) is 4.88. The summed E-state index contributed by atoms with van der Waals surface area (Å²) in [5.74, 6) is 0. The van der Waals surface area contributed by atoms with E-state index in [2.05, 4.69) is 10.2 Å². The highest BCUT2D eigenvalue weighted by Crippen LogP contribution is 2.29. The van der Waals surface area contributed by atoms with Gasteiger partial charge in [-0.1, -0.05) is 20.8 Å². The lowest BCUT2D eigenvalue weighted by Crippen LogP contribution is -2.44. The Morgan fingerprint density at radius 3 is 2.74 bits per heavy atom. The first-order chi connectivity index (χ1) is 8.73. The highest BCUT2D eigenvalue weighted by molar-refractivity contribution is 7.89. The number of hydrogen-bond donors (Lipinski definition) is 1. The molecule has 1 aromatic heterocycles. The average molecular weight is 287 g/mol. The first-order valence-corrected chi connectivity index (χ1v) is 7.82. The van der Waals surface area contributed by atoms with Gasteiger partial charge >= 0.3 is 0 Å². The number of ether oxygens (including phenoxy) is 1. The number of aromatic nitrogens is 2. The van der Waals surface area contributed by atoms with Crippen LogP contribution in [0.25, 0.3) is 0 Å². The van der Waals surface area contributed by atoms with Gasteiger partial charge in [-0.2, -0.15) is 9.40 Å². The lowest BCUT2D eigenvalue weighted by atomic mass is 9.92. The molecule has 2 rings (SSSR count). The molecular formula is C12H21N3O3S. The number of nitrogens with one attached hydrogen (secondary N) is 1. The molecule has 0 bridgehead atoms. The summed E-state index contributed by atoms with van der Waals surface area (Å²) in [7, 11) is -3.51. The van der Waals surface area contributed by atoms with Gasteiger partial charge < -0.3 is 4.74 Å². The number of rotatable bonds is 2. The molecule has 0 radical (unpaired) electrons. The van der Waals surface area contributed by atoms with Gasteiger partial charge in [0.1, 0.15) is 4.90 Å². The number of H-pyrrole nitrogens is 1. The van der Waals surface area contributed by atoms with Crippen LogP contribution >= 0.6 is 0 Å². The zero-order chi connectivity index (χ0) is 14.3. The fourth-order valence-electron chi connectivity index (χ4n) is 2.15. The normalized spacial score (nSPS) is 22.6. The monoisotopic (exact) mass is 287 g/mol. The maximum atomic E-state index is 12.7. The number of morpholine rings is 1. The van der Waals surface area contributed by atoms with Crippen LogP contribution in [0.3, 0.4) is 0 Å². The molecule has 0 amide bonds. The summed E-state index contributed by atoms with van der Waals surface area (Å²) in [5.41, 5.74) is 0.350. The number of sulfonamides is 1. The van der Waals surface area contributed by atoms with Gasteiger partial charge in [0.2, 0.25) is 10.0 Å². The van der Waals surface area contributed by atoms with Crippen molar-refractivity contribution in [1.29, 1.82) is 0 Å². The molecule has 1 aliphatic heterocycles. The van der Waals surface area contributed by atoms with E-state index in [9.17, 15) is 8.42 Å². The molecule has 1 saturated heterocycles. The Morgan fingerprint density at radius 1 is 1.47 bits per heavy atom. The van der Waals surface area contributed by atoms with E-state index in [0.717, 1.165) is 0 Å². The second-order valence-corrected chi connectivity index (χ2v) is 7.81. The lowest BCUT2D eigenvalue weighted by Gasteiger charge is -2.31. The van der Waals surface area contributed by atoms with Crippen molar-refractivity contribution in [2.24, 2.45) is 0 Å². The molecule has 7 heteroatoms. The highest BCUT2D eigenvalue weighted by atomic mass is 32.2. The molecule has 0 spiro atoms. The van der Waals surface area contributed by atoms with Gasteiger partial charge in [-0.25, -0.2) is 8.42 Å². The van der Waals surface area contributed by atoms with Crippen molar-refractivity contribution in [3.8, 4) is 0 Å². The van der Waals surface area contributed by atoms with Gasteiger partial charge in [-0.05, 0) is 6.92 Å². The first kappa shape index (κ1) is 14.5. The Morgan fingerprint density at radius 2 is 2.16 bits per heavy atom. The molecule has 0 unspecified atom stereocenters. The summed E-state index contributed by atoms with van der Waals surface area (Å²) in [6.45, 7) is 8.97. The molecule has 1 fully saturated rings. The maximum absolute atomic E-state index is 12.7. The van der Waals surface area contributed by atoms with Gasteiger partial charge in [0.05, 0.1) is 24.6 Å². The first-order valence-electron chi connectivity index (χ1n) is 6.38. The van der Waals surface area contributed by atoms with E-state index in [0.29, 0.717) is 25.4 Å². The van der Waals surface area contributed by atoms with E-state index in [1.165, 1.54) is 10.5 Å². The fourth-order valence-corrected chi connectivity index (χ4v) is 3.95. The van der Waals surface area contributed by atoms with Crippen LogP contribution in [0.2, 0.25) is 0 Å². The number of nitrogens with zero attached hydrogens (tertiary/aromatic N) is 2. The lowest BCUT2D eigenvalue weighted by molar-refractivity contribution is 0.0101. The Kier molecular flexibility index (Phi) is 3.72. The third kappa shape index (κ3) is 2.82. The van der Waals surface area contributed by atoms with Crippen molar-refractivity contribution < 1.29 is 13.2 Å². The van der Waals surface area contributed by atoms with Gasteiger partial charge in [0, 0.05) is 18.5 Å². The molecule has 0 aliphatic carbocycles. The second-order valence-electron chi connectivity index (χ2n) is 5.90. The van der Waals surface area contributed by atoms with Crippen LogP contribution in [-0.2, 0) is 20.2 Å². The van der Waals surface area contributed by atoms with Crippen molar-refractivity contribution in [2.75, 3.05) is 19.7 Å². The van der Waals surface area contributed by atoms with E-state index in [1.807, 2.05) is 27.7 Å². The molecule has 19 heavy (non-hydrogen) atoms. The summed E-state index contributed by atoms with van der Waals surface area (Å²) >= 11 is 0. The maximum Gasteiger partial charge on any atom is 0.246 e. The minimum absolute atomic E-state index is 0.0755. The topological polar surface area (TPSA) is 75.3 Å². The summed E-state index contributed by atoms with van der Waals surface area (Å²) in [6.07, 6.45) is 1.32. The van der Waals surface area contributed by atoms with E-state index in [4.69, 9.17) is 4.74 Å². The molecule has 6 nitrogen and oxygen atoms in total. The number of aromatic amines is 1. The third-order valence-electron chi connectivity index (χ3n) is 3.18. The minimum Gasteiger partial charge on any atom is -0.376 e. The Bertz CT molecular complexity index is 545. The standard InChI is InChI=1S/C12H21N3O3S/c1-9-8-15(5-6-18-9)19(16,17)10-7-13-14-11(10)12(2,3)4/h7,9H,5-6,8H2,1-4H3,(H,13,14)/t9-/m0/s1. The van der Waals surface area contributed by atoms with Gasteiger partial charge in [0.25, 0.3) is 0 Å². The third-order valence-corrected chi connectivity index (χ3v) is 5.05. The molecule has 1 N–H and O–H groups in total. The smallest absolute Gasteiger partial charge is 0.246 e. The highest BCUT2D eigenvalue weighted by Gasteiger charge is 2.34. The molecule has 1 atom stereocenters. The predicted octanol–water partition coefficient (Wildman–Crippen LogP) is 1.12. The summed E-state index contributed by atoms with van der Waals surface area (Å²) in [5, 5.41) is 6.72. The average Bonchev–Trinajstić information content (AvgIpc) is 2.78. The molecule has 1 aromatic rings. The molecule has 108 valence electrons. The van der Waals surface area contributed by atoms with Crippen molar-refractivity contribution in [1.82, 2.24) is 14.5 Å². The Labute approximate surface area is 114 Å². The largest absolute Gasteiger partial charge is 0.376 e. The molecule has 0 aromatic carbocycles. The van der Waals surface area contributed by atoms with Gasteiger partial charge in [0.15, 0.2) is 0 Å². The van der Waals surface area contributed by atoms with Crippen molar-refractivity contribution in [2.45, 2.75) is 44.1 Å². The van der Waals surface area contributed by atoms with E-state index in [-0.39, 0.29) is 16.4 Å². The van der Waals surface area contributed by atoms with Crippen LogP contribution in [0.4, 0.5) is 0 Å². The van der Waals surface area contributed by atoms with Crippen molar-refractivity contribution in [3.63, 3.8) is 0 Å². The molecular weight excluding hydrogens is 266 g/mol. The van der Waals surface area contributed by atoms with Crippen molar-refractivity contribution >= 4 is 10.0 Å². The zero-order valence-corrected chi connectivity index (χ0v) is 12.6. The SMILES string of the molecule is C[C@H]1CN(S(=O)(=O)c2cn[nH]c2C(C)(C)C)CCO1. The van der Waals surface area contributed by atoms with Gasteiger partial charge in [-0.3, -0.25) is 5.10 Å². The molecule has 1 aliphatic rings. The Balaban J connectivity index is 2.38. The van der Waals surface area contributed by atoms with Crippen LogP contribution < -0.4 is 0 Å². The number of hydrogen-bond acceptors (Lipinski definition) is 4. The van der Waals surface area contributed by atoms with Crippen LogP contribution in [0.1, 0.15) is 33.4 Å². The molecule has 2 heterocycles. The van der Waals surface area contributed by atoms with E-state index < -0.39 is 10.0 Å². The fraction of sp³-hybridized carbons (Fsp3) is 0.750. The van der Waals surface area contributed by atoms with E-state index in [1.54, 1.807) is 0 Å². The van der Waals surface area contributed by atoms with Crippen molar-refractivity contribution in [3.05, 3.63) is 11.9 Å². The van der Waals surface area contributed by atoms with Crippen LogP contribution in [-0.4, -0.2) is 48.7 Å². The molecule has 0 saturated carbocycles. The van der Waals surface area contributed by atoms with Crippen LogP contribution in [0.15, 0.2) is 11.1 Å². The Hall–Kier alpha value is -0.920. The zero-order valence-electron chi connectivity index (χ0n) is 11.8. The summed E-state index contributed by atoms with van der Waals surface area (Å²) < 4.78 is 32.2. The predicted molar refractivity (Wildman–Crippen MR) is 71.5 cm³/mol. The van der Waals surface area contributed by atoms with E-state index >= 15 is 0 Å². The summed E-state index contributed by atoms with van der Waals surface area (Å²) in [4.78, 5) is 0.272. The quantitative estimate of drug-likeness (QED) is 0.884. The van der Waals surface area contributed by atoms with Crippen LogP contribution in [0, 0.1) is 0 Å².